The lowest BCUT2D eigenvalue weighted by Gasteiger charge is -2.34. The summed E-state index contributed by atoms with van der Waals surface area (Å²) in [6, 6.07) is 10.9. The highest BCUT2D eigenvalue weighted by molar-refractivity contribution is 6.30. The molecule has 0 radical (unpaired) electrons. The Kier molecular flexibility index (Phi) is 7.04. The number of hydrogen-bond acceptors (Lipinski definition) is 7. The molecule has 2 aromatic heterocycles. The average Bonchev–Trinajstić information content (AvgIpc) is 3.71. The molecule has 1 aliphatic carbocycles. The Morgan fingerprint density at radius 1 is 1.14 bits per heavy atom. The number of carbonyl (C=O) groups excluding carboxylic acids is 3. The van der Waals surface area contributed by atoms with Gasteiger partial charge in [0.15, 0.2) is 5.69 Å². The molecule has 2 aromatic carbocycles. The second-order valence-electron chi connectivity index (χ2n) is 10.4. The van der Waals surface area contributed by atoms with Crippen molar-refractivity contribution in [1.29, 1.82) is 5.26 Å². The van der Waals surface area contributed by atoms with Gasteiger partial charge in [-0.2, -0.15) is 10.4 Å². The fourth-order valence-corrected chi connectivity index (χ4v) is 6.26. The number of amides is 3. The third-order valence-corrected chi connectivity index (χ3v) is 8.27. The van der Waals surface area contributed by atoms with Crippen LogP contribution in [0.5, 0.6) is 0 Å². The smallest absolute Gasteiger partial charge is 0.269 e. The van der Waals surface area contributed by atoms with Crippen LogP contribution >= 0.6 is 11.6 Å². The first-order valence-electron chi connectivity index (χ1n) is 13.3. The van der Waals surface area contributed by atoms with Crippen molar-refractivity contribution in [3.05, 3.63) is 76.7 Å². The van der Waals surface area contributed by atoms with Gasteiger partial charge in [-0.3, -0.25) is 19.1 Å². The fraction of sp³-hybridized carbons (Fsp3) is 0.276. The summed E-state index contributed by atoms with van der Waals surface area (Å²) in [7, 11) is 0. The van der Waals surface area contributed by atoms with E-state index in [4.69, 9.17) is 22.6 Å². The highest BCUT2D eigenvalue weighted by atomic mass is 35.5. The van der Waals surface area contributed by atoms with E-state index in [1.165, 1.54) is 23.1 Å². The van der Waals surface area contributed by atoms with E-state index in [1.54, 1.807) is 35.2 Å². The number of nitriles is 1. The lowest BCUT2D eigenvalue weighted by atomic mass is 9.97. The predicted octanol–water partition coefficient (Wildman–Crippen LogP) is 2.95. The molecule has 1 aliphatic heterocycles. The summed E-state index contributed by atoms with van der Waals surface area (Å²) >= 11 is 5.87. The maximum absolute atomic E-state index is 14.4. The Morgan fingerprint density at radius 3 is 2.67 bits per heavy atom. The lowest BCUT2D eigenvalue weighted by Crippen LogP contribution is -2.53. The fourth-order valence-electron chi connectivity index (χ4n) is 6.06. The minimum absolute atomic E-state index is 0.00379. The van der Waals surface area contributed by atoms with Crippen LogP contribution in [0.2, 0.25) is 5.02 Å². The van der Waals surface area contributed by atoms with Crippen molar-refractivity contribution in [2.45, 2.75) is 44.4 Å². The summed E-state index contributed by atoms with van der Waals surface area (Å²) in [6.45, 7) is -0.265. The Bertz CT molecular complexity index is 1780. The molecular weight excluding hydrogens is 563 g/mol. The van der Waals surface area contributed by atoms with Gasteiger partial charge in [0.25, 0.3) is 5.91 Å². The Labute approximate surface area is 244 Å². The van der Waals surface area contributed by atoms with Crippen LogP contribution in [0.3, 0.4) is 0 Å². The second-order valence-corrected chi connectivity index (χ2v) is 10.8. The van der Waals surface area contributed by atoms with E-state index in [0.717, 1.165) is 12.8 Å². The van der Waals surface area contributed by atoms with Crippen molar-refractivity contribution in [1.82, 2.24) is 30.0 Å². The Hall–Kier alpha value is -4.89. The number of fused-ring (bicyclic) bond motifs is 3. The summed E-state index contributed by atoms with van der Waals surface area (Å²) in [5, 5.41) is 16.5. The number of nitrogens with two attached hydrogens (primary N) is 1. The standard InChI is InChI=1S/C29H24ClFN8O3/c30-21-3-1-2-17(25(21)31)11-36-29(42)27-16-4-6-19(8-16)39(27)24(40)14-38-22-7-5-15(9-20(22)26(37-38)28(33)41)18-12-34-23(10-32)35-13-18/h1-3,5,7,9,12-13,16,19,27H,4,6,8,11,14H2,(H2,33,41)(H,36,42)/t16-,19+,27-/m0/s1. The zero-order chi connectivity index (χ0) is 29.5. The second kappa shape index (κ2) is 10.8. The van der Waals surface area contributed by atoms with Gasteiger partial charge in [0.1, 0.15) is 24.5 Å². The number of halogens is 2. The largest absolute Gasteiger partial charge is 0.364 e. The van der Waals surface area contributed by atoms with Crippen LogP contribution in [-0.4, -0.2) is 54.5 Å². The van der Waals surface area contributed by atoms with E-state index in [-0.39, 0.29) is 59.0 Å². The SMILES string of the molecule is N#Cc1ncc(-c2ccc3c(c2)c(C(N)=O)nn3CC(=O)N2[C@@H]3CC[C@@H](C3)[C@H]2C(=O)NCc2cccc(Cl)c2F)cn1. The van der Waals surface area contributed by atoms with E-state index < -0.39 is 17.8 Å². The van der Waals surface area contributed by atoms with E-state index in [9.17, 15) is 18.8 Å². The minimum atomic E-state index is -0.759. The number of nitrogens with zero attached hydrogens (tertiary/aromatic N) is 6. The van der Waals surface area contributed by atoms with Crippen molar-refractivity contribution in [2.24, 2.45) is 11.7 Å². The molecule has 6 rings (SSSR count). The first kappa shape index (κ1) is 27.3. The van der Waals surface area contributed by atoms with Crippen LogP contribution in [0.25, 0.3) is 22.0 Å². The number of hydrogen-bond donors (Lipinski definition) is 2. The summed E-state index contributed by atoms with van der Waals surface area (Å²) in [4.78, 5) is 48.9. The highest BCUT2D eigenvalue weighted by Crippen LogP contribution is 2.43. The van der Waals surface area contributed by atoms with Crippen LogP contribution in [-0.2, 0) is 22.7 Å². The van der Waals surface area contributed by atoms with Gasteiger partial charge in [-0.25, -0.2) is 14.4 Å². The molecule has 2 aliphatic rings. The Morgan fingerprint density at radius 2 is 1.93 bits per heavy atom. The monoisotopic (exact) mass is 586 g/mol. The van der Waals surface area contributed by atoms with Crippen LogP contribution in [0.15, 0.2) is 48.8 Å². The number of rotatable bonds is 7. The molecule has 0 spiro atoms. The van der Waals surface area contributed by atoms with Crippen LogP contribution < -0.4 is 11.1 Å². The predicted molar refractivity (Wildman–Crippen MR) is 149 cm³/mol. The van der Waals surface area contributed by atoms with Gasteiger partial charge in [0, 0.05) is 41.5 Å². The molecule has 1 saturated carbocycles. The van der Waals surface area contributed by atoms with Gasteiger partial charge >= 0.3 is 0 Å². The zero-order valence-electron chi connectivity index (χ0n) is 22.1. The van der Waals surface area contributed by atoms with Crippen LogP contribution in [0, 0.1) is 23.1 Å². The van der Waals surface area contributed by atoms with Gasteiger partial charge < -0.3 is 16.0 Å². The Balaban J connectivity index is 1.25. The van der Waals surface area contributed by atoms with E-state index in [0.29, 0.717) is 28.5 Å². The van der Waals surface area contributed by atoms with Crippen molar-refractivity contribution in [2.75, 3.05) is 0 Å². The van der Waals surface area contributed by atoms with Crippen LogP contribution in [0.4, 0.5) is 4.39 Å². The first-order chi connectivity index (χ1) is 20.2. The third-order valence-electron chi connectivity index (χ3n) is 7.98. The highest BCUT2D eigenvalue weighted by Gasteiger charge is 2.51. The van der Waals surface area contributed by atoms with Crippen molar-refractivity contribution >= 4 is 40.2 Å². The minimum Gasteiger partial charge on any atom is -0.364 e. The third kappa shape index (κ3) is 4.81. The maximum atomic E-state index is 14.4. The quantitative estimate of drug-likeness (QED) is 0.336. The van der Waals surface area contributed by atoms with Gasteiger partial charge in [0.2, 0.25) is 17.6 Å². The van der Waals surface area contributed by atoms with Gasteiger partial charge in [0.05, 0.1) is 10.5 Å². The molecule has 42 heavy (non-hydrogen) atoms. The molecule has 11 nitrogen and oxygen atoms in total. The summed E-state index contributed by atoms with van der Waals surface area (Å²) in [5.41, 5.74) is 7.68. The number of primary amides is 1. The van der Waals surface area contributed by atoms with Crippen molar-refractivity contribution in [3.63, 3.8) is 0 Å². The molecule has 3 N–H and O–H groups in total. The number of aromatic nitrogens is 4. The number of benzene rings is 2. The van der Waals surface area contributed by atoms with Crippen molar-refractivity contribution < 1.29 is 18.8 Å². The van der Waals surface area contributed by atoms with Gasteiger partial charge in [-0.05, 0) is 48.9 Å². The molecule has 2 bridgehead atoms. The molecule has 2 fully saturated rings. The summed E-state index contributed by atoms with van der Waals surface area (Å²) in [5.74, 6) is -2.00. The lowest BCUT2D eigenvalue weighted by molar-refractivity contribution is -0.143. The first-order valence-corrected chi connectivity index (χ1v) is 13.7. The molecule has 0 unspecified atom stereocenters. The molecule has 3 heterocycles. The summed E-state index contributed by atoms with van der Waals surface area (Å²) < 4.78 is 15.8. The molecule has 1 saturated heterocycles. The van der Waals surface area contributed by atoms with Gasteiger partial charge in [-0.1, -0.05) is 29.8 Å². The molecular formula is C29H24ClFN8O3. The number of piperidine rings is 1. The number of likely N-dealkylation sites (tertiary alicyclic amines) is 1. The van der Waals surface area contributed by atoms with E-state index in [2.05, 4.69) is 20.4 Å². The summed E-state index contributed by atoms with van der Waals surface area (Å²) in [6.07, 6.45) is 5.30. The number of nitrogens with one attached hydrogen (secondary N) is 1. The molecule has 212 valence electrons. The number of carbonyl (C=O) groups is 3. The maximum Gasteiger partial charge on any atom is 0.269 e. The van der Waals surface area contributed by atoms with Gasteiger partial charge in [-0.15, -0.1) is 0 Å². The van der Waals surface area contributed by atoms with E-state index in [1.807, 2.05) is 6.07 Å². The van der Waals surface area contributed by atoms with Crippen molar-refractivity contribution in [3.8, 4) is 17.2 Å². The zero-order valence-corrected chi connectivity index (χ0v) is 22.9. The average molecular weight is 587 g/mol. The topological polar surface area (TPSA) is 160 Å². The normalized spacial score (nSPS) is 19.2. The molecule has 13 heteroatoms. The van der Waals surface area contributed by atoms with E-state index >= 15 is 0 Å². The molecule has 3 atom stereocenters. The van der Waals surface area contributed by atoms with Crippen LogP contribution in [0.1, 0.15) is 41.1 Å². The molecule has 4 aromatic rings. The molecule has 3 amide bonds.